The van der Waals surface area contributed by atoms with E-state index >= 15 is 0 Å². The number of benzene rings is 1. The molecule has 1 saturated heterocycles. The second-order valence-electron chi connectivity index (χ2n) is 5.65. The first kappa shape index (κ1) is 12.6. The molecular formula is C16H25N. The Labute approximate surface area is 106 Å². The standard InChI is InChI=1S/C16H25N/c1-12-10-13(2)16(14(3)11-12)7-9-17-8-5-6-15(17)4/h10-11,15H,5-9H2,1-4H3/t15-/m1/s1. The van der Waals surface area contributed by atoms with E-state index in [0.717, 1.165) is 6.04 Å². The van der Waals surface area contributed by atoms with Gasteiger partial charge in [0, 0.05) is 12.6 Å². The summed E-state index contributed by atoms with van der Waals surface area (Å²) < 4.78 is 0. The average Bonchev–Trinajstić information content (AvgIpc) is 2.62. The first-order chi connectivity index (χ1) is 8.08. The molecule has 0 spiro atoms. The Morgan fingerprint density at radius 1 is 1.18 bits per heavy atom. The summed E-state index contributed by atoms with van der Waals surface area (Å²) in [6, 6.07) is 5.42. The summed E-state index contributed by atoms with van der Waals surface area (Å²) in [6.45, 7) is 11.6. The highest BCUT2D eigenvalue weighted by Gasteiger charge is 2.19. The topological polar surface area (TPSA) is 3.24 Å². The molecule has 0 N–H and O–H groups in total. The Balaban J connectivity index is 2.04. The van der Waals surface area contributed by atoms with E-state index in [1.807, 2.05) is 0 Å². The van der Waals surface area contributed by atoms with Gasteiger partial charge in [0.25, 0.3) is 0 Å². The van der Waals surface area contributed by atoms with Gasteiger partial charge in [0.1, 0.15) is 0 Å². The Morgan fingerprint density at radius 3 is 2.35 bits per heavy atom. The van der Waals surface area contributed by atoms with Crippen LogP contribution in [-0.4, -0.2) is 24.0 Å². The normalized spacial score (nSPS) is 21.1. The van der Waals surface area contributed by atoms with E-state index in [9.17, 15) is 0 Å². The van der Waals surface area contributed by atoms with Gasteiger partial charge >= 0.3 is 0 Å². The third-order valence-corrected chi connectivity index (χ3v) is 4.18. The Kier molecular flexibility index (Phi) is 3.88. The molecule has 1 aliphatic heterocycles. The zero-order valence-corrected chi connectivity index (χ0v) is 11.7. The maximum atomic E-state index is 2.64. The number of likely N-dealkylation sites (tertiary alicyclic amines) is 1. The molecule has 0 bridgehead atoms. The molecule has 1 aliphatic rings. The van der Waals surface area contributed by atoms with Gasteiger partial charge in [-0.2, -0.15) is 0 Å². The molecule has 0 radical (unpaired) electrons. The maximum absolute atomic E-state index is 2.64. The number of hydrogen-bond acceptors (Lipinski definition) is 1. The smallest absolute Gasteiger partial charge is 0.00675 e. The van der Waals surface area contributed by atoms with Crippen LogP contribution in [0.5, 0.6) is 0 Å². The second kappa shape index (κ2) is 5.22. The maximum Gasteiger partial charge on any atom is 0.00675 e. The predicted octanol–water partition coefficient (Wildman–Crippen LogP) is 3.64. The predicted molar refractivity (Wildman–Crippen MR) is 74.6 cm³/mol. The minimum Gasteiger partial charge on any atom is -0.300 e. The highest BCUT2D eigenvalue weighted by Crippen LogP contribution is 2.20. The molecule has 2 rings (SSSR count). The lowest BCUT2D eigenvalue weighted by atomic mass is 9.97. The van der Waals surface area contributed by atoms with Gasteiger partial charge in [0.2, 0.25) is 0 Å². The van der Waals surface area contributed by atoms with Crippen molar-refractivity contribution in [2.75, 3.05) is 13.1 Å². The lowest BCUT2D eigenvalue weighted by Gasteiger charge is -2.22. The Hall–Kier alpha value is -0.820. The van der Waals surface area contributed by atoms with Crippen LogP contribution < -0.4 is 0 Å². The summed E-state index contributed by atoms with van der Waals surface area (Å²) in [5, 5.41) is 0. The summed E-state index contributed by atoms with van der Waals surface area (Å²) in [5.41, 5.74) is 5.89. The quantitative estimate of drug-likeness (QED) is 0.767. The molecule has 0 saturated carbocycles. The van der Waals surface area contributed by atoms with Crippen molar-refractivity contribution >= 4 is 0 Å². The van der Waals surface area contributed by atoms with Gasteiger partial charge in [-0.1, -0.05) is 17.7 Å². The van der Waals surface area contributed by atoms with Gasteiger partial charge in [0.15, 0.2) is 0 Å². The summed E-state index contributed by atoms with van der Waals surface area (Å²) in [6.07, 6.45) is 3.97. The largest absolute Gasteiger partial charge is 0.300 e. The molecule has 1 aromatic carbocycles. The van der Waals surface area contributed by atoms with Crippen molar-refractivity contribution in [2.45, 2.75) is 53.0 Å². The van der Waals surface area contributed by atoms with E-state index in [0.29, 0.717) is 0 Å². The van der Waals surface area contributed by atoms with Crippen molar-refractivity contribution in [3.8, 4) is 0 Å². The van der Waals surface area contributed by atoms with Crippen LogP contribution in [0.3, 0.4) is 0 Å². The average molecular weight is 231 g/mol. The van der Waals surface area contributed by atoms with Crippen LogP contribution in [0.2, 0.25) is 0 Å². The zero-order chi connectivity index (χ0) is 12.4. The molecular weight excluding hydrogens is 206 g/mol. The molecule has 17 heavy (non-hydrogen) atoms. The Bertz CT molecular complexity index is 372. The second-order valence-corrected chi connectivity index (χ2v) is 5.65. The van der Waals surface area contributed by atoms with Crippen LogP contribution in [-0.2, 0) is 6.42 Å². The molecule has 0 aliphatic carbocycles. The van der Waals surface area contributed by atoms with Gasteiger partial charge in [-0.3, -0.25) is 0 Å². The SMILES string of the molecule is Cc1cc(C)c(CCN2CCC[C@H]2C)c(C)c1. The highest BCUT2D eigenvalue weighted by atomic mass is 15.2. The lowest BCUT2D eigenvalue weighted by Crippen LogP contribution is -2.29. The van der Waals surface area contributed by atoms with Crippen LogP contribution >= 0.6 is 0 Å². The molecule has 1 heteroatoms. The van der Waals surface area contributed by atoms with Crippen molar-refractivity contribution in [2.24, 2.45) is 0 Å². The molecule has 0 unspecified atom stereocenters. The van der Waals surface area contributed by atoms with Gasteiger partial charge in [-0.15, -0.1) is 0 Å². The minimum absolute atomic E-state index is 0.793. The molecule has 1 atom stereocenters. The summed E-state index contributed by atoms with van der Waals surface area (Å²) >= 11 is 0. The molecule has 1 heterocycles. The van der Waals surface area contributed by atoms with Gasteiger partial charge in [-0.05, 0) is 70.2 Å². The number of aryl methyl sites for hydroxylation is 3. The van der Waals surface area contributed by atoms with E-state index in [-0.39, 0.29) is 0 Å². The minimum atomic E-state index is 0.793. The van der Waals surface area contributed by atoms with E-state index < -0.39 is 0 Å². The number of hydrogen-bond donors (Lipinski definition) is 0. The third-order valence-electron chi connectivity index (χ3n) is 4.18. The van der Waals surface area contributed by atoms with Crippen LogP contribution in [0.4, 0.5) is 0 Å². The Morgan fingerprint density at radius 2 is 1.82 bits per heavy atom. The lowest BCUT2D eigenvalue weighted by molar-refractivity contribution is 0.272. The van der Waals surface area contributed by atoms with Gasteiger partial charge < -0.3 is 4.90 Å². The fourth-order valence-electron chi connectivity index (χ4n) is 3.18. The monoisotopic (exact) mass is 231 g/mol. The van der Waals surface area contributed by atoms with Gasteiger partial charge in [0.05, 0.1) is 0 Å². The van der Waals surface area contributed by atoms with Crippen molar-refractivity contribution in [1.82, 2.24) is 4.90 Å². The molecule has 94 valence electrons. The van der Waals surface area contributed by atoms with E-state index in [1.54, 1.807) is 5.56 Å². The summed E-state index contributed by atoms with van der Waals surface area (Å²) in [4.78, 5) is 2.64. The zero-order valence-electron chi connectivity index (χ0n) is 11.7. The third kappa shape index (κ3) is 2.90. The highest BCUT2D eigenvalue weighted by molar-refractivity contribution is 5.37. The van der Waals surface area contributed by atoms with Crippen molar-refractivity contribution in [3.05, 3.63) is 34.4 Å². The fourth-order valence-corrected chi connectivity index (χ4v) is 3.18. The fraction of sp³-hybridized carbons (Fsp3) is 0.625. The molecule has 1 fully saturated rings. The summed E-state index contributed by atoms with van der Waals surface area (Å²) in [5.74, 6) is 0. The van der Waals surface area contributed by atoms with Crippen LogP contribution in [0.1, 0.15) is 42.0 Å². The molecule has 1 nitrogen and oxygen atoms in total. The van der Waals surface area contributed by atoms with E-state index in [2.05, 4.69) is 44.7 Å². The van der Waals surface area contributed by atoms with Crippen molar-refractivity contribution in [1.29, 1.82) is 0 Å². The van der Waals surface area contributed by atoms with Crippen LogP contribution in [0, 0.1) is 20.8 Å². The summed E-state index contributed by atoms with van der Waals surface area (Å²) in [7, 11) is 0. The van der Waals surface area contributed by atoms with Crippen molar-refractivity contribution < 1.29 is 0 Å². The number of nitrogens with zero attached hydrogens (tertiary/aromatic N) is 1. The molecule has 0 amide bonds. The first-order valence-electron chi connectivity index (χ1n) is 6.88. The van der Waals surface area contributed by atoms with E-state index in [1.165, 1.54) is 49.0 Å². The van der Waals surface area contributed by atoms with Crippen LogP contribution in [0.15, 0.2) is 12.1 Å². The van der Waals surface area contributed by atoms with Gasteiger partial charge in [-0.25, -0.2) is 0 Å². The first-order valence-corrected chi connectivity index (χ1v) is 6.88. The van der Waals surface area contributed by atoms with E-state index in [4.69, 9.17) is 0 Å². The van der Waals surface area contributed by atoms with Crippen LogP contribution in [0.25, 0.3) is 0 Å². The molecule has 0 aromatic heterocycles. The molecule has 1 aromatic rings. The number of rotatable bonds is 3. The van der Waals surface area contributed by atoms with Crippen molar-refractivity contribution in [3.63, 3.8) is 0 Å².